The largest absolute Gasteiger partial charge is 0.480 e. The van der Waals surface area contributed by atoms with Crippen LogP contribution < -0.4 is 10.6 Å². The van der Waals surface area contributed by atoms with Gasteiger partial charge in [0.1, 0.15) is 6.04 Å². The number of carboxylic acid groups (broad SMARTS) is 1. The number of imide groups is 1. The Labute approximate surface area is 200 Å². The lowest BCUT2D eigenvalue weighted by atomic mass is 10.0. The fraction of sp³-hybridized carbons (Fsp3) is 0.318. The number of carbonyl (C=O) groups excluding carboxylic acids is 2. The topological polar surface area (TPSA) is 98.7 Å². The molecule has 1 saturated heterocycles. The number of hydrogen-bond acceptors (Lipinski definition) is 6. The zero-order chi connectivity index (χ0) is 23.3. The zero-order valence-electron chi connectivity index (χ0n) is 17.3. The average molecular weight is 496 g/mol. The summed E-state index contributed by atoms with van der Waals surface area (Å²) in [5.41, 5.74) is 2.26. The lowest BCUT2D eigenvalue weighted by Crippen LogP contribution is -2.54. The quantitative estimate of drug-likeness (QED) is 0.513. The molecule has 170 valence electrons. The van der Waals surface area contributed by atoms with Gasteiger partial charge in [0.25, 0.3) is 0 Å². The third-order valence-electron chi connectivity index (χ3n) is 5.10. The van der Waals surface area contributed by atoms with Crippen molar-refractivity contribution >= 4 is 58.4 Å². The second-order valence-electron chi connectivity index (χ2n) is 7.31. The van der Waals surface area contributed by atoms with Crippen LogP contribution >= 0.6 is 35.0 Å². The Morgan fingerprint density at radius 3 is 2.38 bits per heavy atom. The first-order chi connectivity index (χ1) is 15.3. The SMILES string of the molecule is CC(=O)N(C(=O)[C@@H]1CSCN1)[C@@H](Cc1ccc(NCc2c(Cl)cccc2Cl)cc1)C(=O)O. The van der Waals surface area contributed by atoms with Gasteiger partial charge >= 0.3 is 5.97 Å². The van der Waals surface area contributed by atoms with Gasteiger partial charge in [-0.1, -0.05) is 41.4 Å². The van der Waals surface area contributed by atoms with Crippen molar-refractivity contribution in [1.29, 1.82) is 0 Å². The number of hydrogen-bond donors (Lipinski definition) is 3. The number of thioether (sulfide) groups is 1. The molecular formula is C22H23Cl2N3O4S. The second kappa shape index (κ2) is 11.0. The van der Waals surface area contributed by atoms with Gasteiger partial charge < -0.3 is 10.4 Å². The molecule has 0 aliphatic carbocycles. The van der Waals surface area contributed by atoms with Crippen LogP contribution in [0, 0.1) is 0 Å². The van der Waals surface area contributed by atoms with Crippen LogP contribution in [-0.2, 0) is 27.3 Å². The molecule has 1 aliphatic rings. The molecule has 2 amide bonds. The predicted molar refractivity (Wildman–Crippen MR) is 127 cm³/mol. The van der Waals surface area contributed by atoms with Crippen LogP contribution in [0.4, 0.5) is 5.69 Å². The van der Waals surface area contributed by atoms with Crippen molar-refractivity contribution in [1.82, 2.24) is 10.2 Å². The standard InChI is InChI=1S/C22H23Cl2N3O4S/c1-13(28)27(21(29)19-11-32-12-26-19)20(22(30)31)9-14-5-7-15(8-6-14)25-10-16-17(23)3-2-4-18(16)24/h2-8,19-20,25-26H,9-12H2,1H3,(H,30,31)/t19-,20-/m0/s1. The van der Waals surface area contributed by atoms with Crippen molar-refractivity contribution in [2.75, 3.05) is 16.9 Å². The van der Waals surface area contributed by atoms with Crippen LogP contribution in [0.1, 0.15) is 18.1 Å². The molecule has 2 atom stereocenters. The van der Waals surface area contributed by atoms with Gasteiger partial charge in [0.2, 0.25) is 11.8 Å². The van der Waals surface area contributed by atoms with E-state index in [1.54, 1.807) is 42.5 Å². The summed E-state index contributed by atoms with van der Waals surface area (Å²) in [6.07, 6.45) is 0.0110. The van der Waals surface area contributed by atoms with Gasteiger partial charge in [0, 0.05) is 52.8 Å². The van der Waals surface area contributed by atoms with Crippen LogP contribution in [0.3, 0.4) is 0 Å². The number of nitrogens with zero attached hydrogens (tertiary/aromatic N) is 1. The van der Waals surface area contributed by atoms with Gasteiger partial charge in [-0.25, -0.2) is 4.79 Å². The molecule has 0 spiro atoms. The molecule has 0 bridgehead atoms. The highest BCUT2D eigenvalue weighted by Gasteiger charge is 2.37. The van der Waals surface area contributed by atoms with E-state index in [2.05, 4.69) is 10.6 Å². The number of benzene rings is 2. The van der Waals surface area contributed by atoms with E-state index in [9.17, 15) is 19.5 Å². The molecule has 7 nitrogen and oxygen atoms in total. The summed E-state index contributed by atoms with van der Waals surface area (Å²) in [6.45, 7) is 1.64. The highest BCUT2D eigenvalue weighted by atomic mass is 35.5. The smallest absolute Gasteiger partial charge is 0.327 e. The van der Waals surface area contributed by atoms with Crippen molar-refractivity contribution in [2.24, 2.45) is 0 Å². The van der Waals surface area contributed by atoms with Crippen LogP contribution in [0.2, 0.25) is 10.0 Å². The molecule has 0 unspecified atom stereocenters. The van der Waals surface area contributed by atoms with Gasteiger partial charge in [-0.2, -0.15) is 0 Å². The summed E-state index contributed by atoms with van der Waals surface area (Å²) in [5.74, 6) is -1.23. The van der Waals surface area contributed by atoms with Crippen molar-refractivity contribution in [3.63, 3.8) is 0 Å². The van der Waals surface area contributed by atoms with E-state index < -0.39 is 29.9 Å². The zero-order valence-corrected chi connectivity index (χ0v) is 19.6. The van der Waals surface area contributed by atoms with E-state index in [0.29, 0.717) is 33.8 Å². The highest BCUT2D eigenvalue weighted by Crippen LogP contribution is 2.25. The molecule has 0 saturated carbocycles. The van der Waals surface area contributed by atoms with Crippen LogP contribution in [-0.4, -0.2) is 51.5 Å². The Bertz CT molecular complexity index is 977. The fourth-order valence-electron chi connectivity index (χ4n) is 3.41. The molecule has 10 heteroatoms. The molecule has 1 heterocycles. The Morgan fingerprint density at radius 2 is 1.84 bits per heavy atom. The summed E-state index contributed by atoms with van der Waals surface area (Å²) >= 11 is 13.9. The molecule has 3 rings (SSSR count). The highest BCUT2D eigenvalue weighted by molar-refractivity contribution is 7.99. The number of anilines is 1. The number of carboxylic acids is 1. The van der Waals surface area contributed by atoms with E-state index >= 15 is 0 Å². The third kappa shape index (κ3) is 5.95. The molecule has 2 aromatic rings. The summed E-state index contributed by atoms with van der Waals surface area (Å²) in [5, 5.41) is 17.1. The Kier molecular flexibility index (Phi) is 8.42. The minimum absolute atomic E-state index is 0.0110. The normalized spacial score (nSPS) is 16.4. The maximum Gasteiger partial charge on any atom is 0.327 e. The fourth-order valence-corrected chi connectivity index (χ4v) is 4.88. The molecule has 2 aromatic carbocycles. The summed E-state index contributed by atoms with van der Waals surface area (Å²) < 4.78 is 0. The van der Waals surface area contributed by atoms with Crippen LogP contribution in [0.25, 0.3) is 0 Å². The molecule has 3 N–H and O–H groups in total. The van der Waals surface area contributed by atoms with E-state index in [-0.39, 0.29) is 6.42 Å². The van der Waals surface area contributed by atoms with Gasteiger partial charge in [-0.05, 0) is 29.8 Å². The second-order valence-corrected chi connectivity index (χ2v) is 9.15. The summed E-state index contributed by atoms with van der Waals surface area (Å²) in [7, 11) is 0. The van der Waals surface area contributed by atoms with Gasteiger partial charge in [-0.3, -0.25) is 19.8 Å². The van der Waals surface area contributed by atoms with Crippen molar-refractivity contribution < 1.29 is 19.5 Å². The predicted octanol–water partition coefficient (Wildman–Crippen LogP) is 3.64. The lowest BCUT2D eigenvalue weighted by Gasteiger charge is -2.28. The Balaban J connectivity index is 1.70. The van der Waals surface area contributed by atoms with E-state index in [1.807, 2.05) is 0 Å². The van der Waals surface area contributed by atoms with E-state index in [0.717, 1.165) is 16.2 Å². The minimum Gasteiger partial charge on any atom is -0.480 e. The van der Waals surface area contributed by atoms with E-state index in [1.165, 1.54) is 18.7 Å². The number of nitrogens with one attached hydrogen (secondary N) is 2. The summed E-state index contributed by atoms with van der Waals surface area (Å²) in [6, 6.07) is 10.6. The van der Waals surface area contributed by atoms with Crippen molar-refractivity contribution in [2.45, 2.75) is 32.0 Å². The molecular weight excluding hydrogens is 473 g/mol. The first-order valence-corrected chi connectivity index (χ1v) is 11.8. The number of amides is 2. The Hall–Kier alpha value is -2.26. The first-order valence-electron chi connectivity index (χ1n) is 9.91. The van der Waals surface area contributed by atoms with Crippen LogP contribution in [0.15, 0.2) is 42.5 Å². The minimum atomic E-state index is -1.28. The average Bonchev–Trinajstić information content (AvgIpc) is 3.28. The third-order valence-corrected chi connectivity index (χ3v) is 6.75. The maximum atomic E-state index is 12.8. The Morgan fingerprint density at radius 1 is 1.19 bits per heavy atom. The molecule has 32 heavy (non-hydrogen) atoms. The lowest BCUT2D eigenvalue weighted by molar-refractivity contribution is -0.157. The first kappa shape index (κ1) is 24.4. The number of halogens is 2. The van der Waals surface area contributed by atoms with Crippen LogP contribution in [0.5, 0.6) is 0 Å². The molecule has 0 aromatic heterocycles. The molecule has 1 fully saturated rings. The number of aliphatic carboxylic acids is 1. The number of carbonyl (C=O) groups is 3. The maximum absolute atomic E-state index is 12.8. The summed E-state index contributed by atoms with van der Waals surface area (Å²) in [4.78, 5) is 37.8. The number of rotatable bonds is 8. The van der Waals surface area contributed by atoms with E-state index in [4.69, 9.17) is 23.2 Å². The molecule has 0 radical (unpaired) electrons. The monoisotopic (exact) mass is 495 g/mol. The van der Waals surface area contributed by atoms with Gasteiger partial charge in [0.15, 0.2) is 0 Å². The van der Waals surface area contributed by atoms with Crippen molar-refractivity contribution in [3.8, 4) is 0 Å². The van der Waals surface area contributed by atoms with Crippen molar-refractivity contribution in [3.05, 3.63) is 63.6 Å². The van der Waals surface area contributed by atoms with Gasteiger partial charge in [0.05, 0.1) is 6.04 Å². The molecule has 1 aliphatic heterocycles. The van der Waals surface area contributed by atoms with Gasteiger partial charge in [-0.15, -0.1) is 11.8 Å².